The van der Waals surface area contributed by atoms with Gasteiger partial charge in [0.1, 0.15) is 5.75 Å². The molecule has 0 aromatic heterocycles. The maximum atomic E-state index is 9.84. The second-order valence-electron chi connectivity index (χ2n) is 4.87. The molecule has 0 amide bonds. The van der Waals surface area contributed by atoms with E-state index in [0.717, 1.165) is 18.4 Å². The maximum absolute atomic E-state index is 9.84. The van der Waals surface area contributed by atoms with Crippen molar-refractivity contribution in [2.45, 2.75) is 38.9 Å². The van der Waals surface area contributed by atoms with Crippen molar-refractivity contribution in [3.63, 3.8) is 0 Å². The Bertz CT molecular complexity index is 399. The van der Waals surface area contributed by atoms with Crippen LogP contribution in [-0.4, -0.2) is 56.1 Å². The van der Waals surface area contributed by atoms with Crippen molar-refractivity contribution in [3.05, 3.63) is 29.3 Å². The van der Waals surface area contributed by atoms with Crippen molar-refractivity contribution >= 4 is 0 Å². The van der Waals surface area contributed by atoms with Gasteiger partial charge in [-0.2, -0.15) is 0 Å². The average Bonchev–Trinajstić information content (AvgIpc) is 2.32. The first-order chi connectivity index (χ1) is 9.42. The highest BCUT2D eigenvalue weighted by Crippen LogP contribution is 2.21. The molecule has 1 aromatic rings. The second kappa shape index (κ2) is 8.18. The fourth-order valence-electron chi connectivity index (χ4n) is 2.12. The summed E-state index contributed by atoms with van der Waals surface area (Å²) >= 11 is 0. The molecular formula is C14H23NO5. The van der Waals surface area contributed by atoms with Crippen LogP contribution < -0.4 is 0 Å². The number of benzene rings is 1. The highest BCUT2D eigenvalue weighted by molar-refractivity contribution is 5.36. The number of aliphatic hydroxyl groups excluding tert-OH is 2. The summed E-state index contributed by atoms with van der Waals surface area (Å²) in [6.45, 7) is 2.01. The third-order valence-corrected chi connectivity index (χ3v) is 2.92. The number of nitrogens with zero attached hydrogens (tertiary/aromatic N) is 1. The lowest BCUT2D eigenvalue weighted by Gasteiger charge is -2.24. The Morgan fingerprint density at radius 3 is 2.15 bits per heavy atom. The molecule has 0 saturated carbocycles. The molecule has 0 aliphatic heterocycles. The number of hydrogen-bond donors (Lipinski definition) is 5. The minimum atomic E-state index is -1.57. The lowest BCUT2D eigenvalue weighted by atomic mass is 10.1. The van der Waals surface area contributed by atoms with E-state index in [2.05, 4.69) is 6.92 Å². The third kappa shape index (κ3) is 5.85. The lowest BCUT2D eigenvalue weighted by Crippen LogP contribution is -2.37. The van der Waals surface area contributed by atoms with Gasteiger partial charge in [0.15, 0.2) is 12.6 Å². The Balaban J connectivity index is 2.82. The van der Waals surface area contributed by atoms with Crippen LogP contribution in [0, 0.1) is 0 Å². The molecule has 0 spiro atoms. The van der Waals surface area contributed by atoms with Crippen LogP contribution in [0.4, 0.5) is 0 Å². The van der Waals surface area contributed by atoms with E-state index >= 15 is 0 Å². The van der Waals surface area contributed by atoms with Crippen LogP contribution in [0.5, 0.6) is 5.75 Å². The normalized spacial score (nSPS) is 11.8. The van der Waals surface area contributed by atoms with Gasteiger partial charge in [-0.05, 0) is 18.1 Å². The highest BCUT2D eigenvalue weighted by atomic mass is 16.5. The zero-order valence-corrected chi connectivity index (χ0v) is 11.6. The van der Waals surface area contributed by atoms with Crippen LogP contribution in [0.3, 0.4) is 0 Å². The molecule has 1 rings (SSSR count). The predicted octanol–water partition coefficient (Wildman–Crippen LogP) is -0.232. The van der Waals surface area contributed by atoms with E-state index in [9.17, 15) is 5.11 Å². The van der Waals surface area contributed by atoms with Gasteiger partial charge in [-0.15, -0.1) is 0 Å². The quantitative estimate of drug-likeness (QED) is 0.423. The number of hydrogen-bond acceptors (Lipinski definition) is 6. The molecule has 0 aliphatic rings. The van der Waals surface area contributed by atoms with E-state index < -0.39 is 12.6 Å². The zero-order chi connectivity index (χ0) is 15.1. The maximum Gasteiger partial charge on any atom is 0.164 e. The van der Waals surface area contributed by atoms with Gasteiger partial charge in [-0.1, -0.05) is 25.5 Å². The second-order valence-corrected chi connectivity index (χ2v) is 4.87. The largest absolute Gasteiger partial charge is 0.508 e. The molecule has 6 heteroatoms. The topological polar surface area (TPSA) is 104 Å². The van der Waals surface area contributed by atoms with E-state index in [1.807, 2.05) is 12.1 Å². The van der Waals surface area contributed by atoms with Crippen LogP contribution in [0.25, 0.3) is 0 Å². The molecule has 0 heterocycles. The van der Waals surface area contributed by atoms with Gasteiger partial charge in [0.2, 0.25) is 0 Å². The Kier molecular flexibility index (Phi) is 6.90. The molecule has 6 nitrogen and oxygen atoms in total. The summed E-state index contributed by atoms with van der Waals surface area (Å²) in [5, 5.41) is 45.9. The first-order valence-corrected chi connectivity index (χ1v) is 6.67. The molecule has 1 aromatic carbocycles. The van der Waals surface area contributed by atoms with Gasteiger partial charge in [0, 0.05) is 25.2 Å². The van der Waals surface area contributed by atoms with Crippen molar-refractivity contribution in [1.29, 1.82) is 0 Å². The molecule has 0 saturated heterocycles. The smallest absolute Gasteiger partial charge is 0.164 e. The number of phenols is 1. The number of aryl methyl sites for hydroxylation is 1. The lowest BCUT2D eigenvalue weighted by molar-refractivity contribution is -0.0965. The summed E-state index contributed by atoms with van der Waals surface area (Å²) < 4.78 is 0. The van der Waals surface area contributed by atoms with E-state index in [0.29, 0.717) is 5.56 Å². The molecule has 20 heavy (non-hydrogen) atoms. The van der Waals surface area contributed by atoms with Gasteiger partial charge in [-0.3, -0.25) is 4.90 Å². The van der Waals surface area contributed by atoms with Gasteiger partial charge in [0.05, 0.1) is 0 Å². The van der Waals surface area contributed by atoms with Crippen LogP contribution in [0.15, 0.2) is 18.2 Å². The molecular weight excluding hydrogens is 262 g/mol. The van der Waals surface area contributed by atoms with Crippen molar-refractivity contribution < 1.29 is 25.5 Å². The van der Waals surface area contributed by atoms with Crippen molar-refractivity contribution in [2.75, 3.05) is 13.1 Å². The summed E-state index contributed by atoms with van der Waals surface area (Å²) in [7, 11) is 0. The number of phenolic OH excluding ortho intramolecular Hbond substituents is 1. The molecule has 0 radical (unpaired) electrons. The van der Waals surface area contributed by atoms with Crippen molar-refractivity contribution in [2.24, 2.45) is 0 Å². The third-order valence-electron chi connectivity index (χ3n) is 2.92. The minimum absolute atomic E-state index is 0.106. The Hall–Kier alpha value is -1.18. The standard InChI is InChI=1S/C14H23NO5/c1-2-3-10-4-5-12(16)11(6-10)7-15(8-13(17)18)9-14(19)20/h4-6,13-14,16-20H,2-3,7-9H2,1H3. The van der Waals surface area contributed by atoms with Crippen LogP contribution >= 0.6 is 0 Å². The summed E-state index contributed by atoms with van der Waals surface area (Å²) in [5.74, 6) is 0.106. The Morgan fingerprint density at radius 1 is 1.05 bits per heavy atom. The number of rotatable bonds is 8. The molecule has 0 atom stereocenters. The van der Waals surface area contributed by atoms with E-state index in [4.69, 9.17) is 20.4 Å². The van der Waals surface area contributed by atoms with Crippen LogP contribution in [-0.2, 0) is 13.0 Å². The van der Waals surface area contributed by atoms with Crippen molar-refractivity contribution in [3.8, 4) is 5.75 Å². The first kappa shape index (κ1) is 16.9. The fourth-order valence-corrected chi connectivity index (χ4v) is 2.12. The monoisotopic (exact) mass is 285 g/mol. The minimum Gasteiger partial charge on any atom is -0.508 e. The zero-order valence-electron chi connectivity index (χ0n) is 11.6. The van der Waals surface area contributed by atoms with Gasteiger partial charge in [-0.25, -0.2) is 0 Å². The van der Waals surface area contributed by atoms with E-state index in [1.165, 1.54) is 4.90 Å². The fraction of sp³-hybridized carbons (Fsp3) is 0.571. The average molecular weight is 285 g/mol. The van der Waals surface area contributed by atoms with Crippen molar-refractivity contribution in [1.82, 2.24) is 4.90 Å². The van der Waals surface area contributed by atoms with Gasteiger partial charge >= 0.3 is 0 Å². The molecule has 114 valence electrons. The summed E-state index contributed by atoms with van der Waals surface area (Å²) in [5.41, 5.74) is 1.70. The summed E-state index contributed by atoms with van der Waals surface area (Å²) in [6.07, 6.45) is -1.28. The Morgan fingerprint density at radius 2 is 1.65 bits per heavy atom. The molecule has 0 aliphatic carbocycles. The van der Waals surface area contributed by atoms with Crippen LogP contribution in [0.1, 0.15) is 24.5 Å². The van der Waals surface area contributed by atoms with Crippen LogP contribution in [0.2, 0.25) is 0 Å². The molecule has 0 bridgehead atoms. The molecule has 0 fully saturated rings. The van der Waals surface area contributed by atoms with E-state index in [1.54, 1.807) is 6.07 Å². The molecule has 0 unspecified atom stereocenters. The summed E-state index contributed by atoms with van der Waals surface area (Å²) in [6, 6.07) is 5.29. The predicted molar refractivity (Wildman–Crippen MR) is 73.8 cm³/mol. The summed E-state index contributed by atoms with van der Waals surface area (Å²) in [4.78, 5) is 1.46. The SMILES string of the molecule is CCCc1ccc(O)c(CN(CC(O)O)CC(O)O)c1. The van der Waals surface area contributed by atoms with E-state index in [-0.39, 0.29) is 25.4 Å². The molecule has 5 N–H and O–H groups in total. The Labute approximate surface area is 118 Å². The van der Waals surface area contributed by atoms with Gasteiger partial charge < -0.3 is 25.5 Å². The first-order valence-electron chi connectivity index (χ1n) is 6.67. The highest BCUT2D eigenvalue weighted by Gasteiger charge is 2.15. The number of aromatic hydroxyl groups is 1. The number of aliphatic hydroxyl groups is 4. The van der Waals surface area contributed by atoms with Gasteiger partial charge in [0.25, 0.3) is 0 Å².